The van der Waals surface area contributed by atoms with Gasteiger partial charge in [0.15, 0.2) is 0 Å². The monoisotopic (exact) mass is 441 g/mol. The number of methoxy groups -OCH3 is 3. The van der Waals surface area contributed by atoms with Gasteiger partial charge in [-0.05, 0) is 30.7 Å². The first-order valence-corrected chi connectivity index (χ1v) is 10.3. The van der Waals surface area contributed by atoms with Gasteiger partial charge in [-0.15, -0.1) is 0 Å². The summed E-state index contributed by atoms with van der Waals surface area (Å²) in [5.41, 5.74) is 3.78. The summed E-state index contributed by atoms with van der Waals surface area (Å²) in [6.07, 6.45) is 0.713. The summed E-state index contributed by atoms with van der Waals surface area (Å²) in [7, 11) is 4.87. The standard InChI is InChI=1S/C23H24ClN3O4/c1-29-12-4-11-27-22(17-10-9-16(30-2)13-18(17)31-3)19-20(25-26-21(19)23(27)28)14-5-7-15(24)8-6-14/h5-10,13,22H,4,11-12H2,1-3H3,(H,25,26). The second kappa shape index (κ2) is 8.99. The van der Waals surface area contributed by atoms with E-state index in [0.717, 1.165) is 22.4 Å². The van der Waals surface area contributed by atoms with E-state index in [2.05, 4.69) is 10.2 Å². The van der Waals surface area contributed by atoms with Crippen molar-refractivity contribution in [3.05, 3.63) is 64.3 Å². The van der Waals surface area contributed by atoms with E-state index in [1.807, 2.05) is 47.4 Å². The molecule has 0 fully saturated rings. The second-order valence-corrected chi connectivity index (χ2v) is 7.66. The molecule has 4 rings (SSSR count). The van der Waals surface area contributed by atoms with Gasteiger partial charge in [-0.1, -0.05) is 23.7 Å². The van der Waals surface area contributed by atoms with Crippen LogP contribution in [0, 0.1) is 0 Å². The molecule has 31 heavy (non-hydrogen) atoms. The number of amides is 1. The van der Waals surface area contributed by atoms with Gasteiger partial charge in [-0.2, -0.15) is 5.10 Å². The molecule has 2 heterocycles. The van der Waals surface area contributed by atoms with E-state index in [1.54, 1.807) is 21.3 Å². The Morgan fingerprint density at radius 1 is 1.10 bits per heavy atom. The van der Waals surface area contributed by atoms with E-state index in [-0.39, 0.29) is 11.9 Å². The lowest BCUT2D eigenvalue weighted by atomic mass is 9.95. The van der Waals surface area contributed by atoms with Crippen molar-refractivity contribution in [1.82, 2.24) is 15.1 Å². The highest BCUT2D eigenvalue weighted by Crippen LogP contribution is 2.46. The number of fused-ring (bicyclic) bond motifs is 1. The summed E-state index contributed by atoms with van der Waals surface area (Å²) >= 11 is 6.07. The van der Waals surface area contributed by atoms with E-state index in [0.29, 0.717) is 41.8 Å². The van der Waals surface area contributed by atoms with Crippen LogP contribution in [0.15, 0.2) is 42.5 Å². The number of hydrogen-bond donors (Lipinski definition) is 1. The number of carbonyl (C=O) groups is 1. The largest absolute Gasteiger partial charge is 0.497 e. The van der Waals surface area contributed by atoms with Gasteiger partial charge in [0.25, 0.3) is 5.91 Å². The van der Waals surface area contributed by atoms with Crippen LogP contribution in [0.2, 0.25) is 5.02 Å². The molecule has 1 N–H and O–H groups in total. The fourth-order valence-electron chi connectivity index (χ4n) is 4.00. The molecule has 1 aliphatic rings. The van der Waals surface area contributed by atoms with Crippen LogP contribution in [-0.2, 0) is 4.74 Å². The zero-order valence-corrected chi connectivity index (χ0v) is 18.4. The molecule has 1 amide bonds. The summed E-state index contributed by atoms with van der Waals surface area (Å²) in [5, 5.41) is 8.08. The molecule has 7 nitrogen and oxygen atoms in total. The molecule has 0 bridgehead atoms. The quantitative estimate of drug-likeness (QED) is 0.526. The number of nitrogens with zero attached hydrogens (tertiary/aromatic N) is 2. The molecular formula is C23H24ClN3O4. The Bertz CT molecular complexity index is 1080. The lowest BCUT2D eigenvalue weighted by Gasteiger charge is -2.27. The molecule has 0 aliphatic carbocycles. The van der Waals surface area contributed by atoms with Crippen LogP contribution in [0.1, 0.15) is 34.1 Å². The van der Waals surface area contributed by atoms with Crippen LogP contribution in [-0.4, -0.2) is 55.5 Å². The van der Waals surface area contributed by atoms with Crippen molar-refractivity contribution in [2.45, 2.75) is 12.5 Å². The minimum atomic E-state index is -0.357. The SMILES string of the molecule is COCCCN1C(=O)c2[nH]nc(-c3ccc(Cl)cc3)c2C1c1ccc(OC)cc1OC. The van der Waals surface area contributed by atoms with Crippen molar-refractivity contribution in [3.63, 3.8) is 0 Å². The number of benzene rings is 2. The Morgan fingerprint density at radius 2 is 1.87 bits per heavy atom. The number of hydrogen-bond acceptors (Lipinski definition) is 5. The highest BCUT2D eigenvalue weighted by Gasteiger charge is 2.43. The van der Waals surface area contributed by atoms with Gasteiger partial charge in [0.2, 0.25) is 0 Å². The topological polar surface area (TPSA) is 76.7 Å². The molecule has 1 aliphatic heterocycles. The van der Waals surface area contributed by atoms with Crippen molar-refractivity contribution >= 4 is 17.5 Å². The van der Waals surface area contributed by atoms with Crippen LogP contribution in [0.25, 0.3) is 11.3 Å². The number of aromatic amines is 1. The first kappa shape index (κ1) is 21.2. The number of ether oxygens (including phenoxy) is 3. The number of carbonyl (C=O) groups excluding carboxylic acids is 1. The Labute approximate surface area is 185 Å². The average Bonchev–Trinajstić information content (AvgIpc) is 3.33. The van der Waals surface area contributed by atoms with Crippen molar-refractivity contribution < 1.29 is 19.0 Å². The van der Waals surface area contributed by atoms with E-state index in [4.69, 9.17) is 25.8 Å². The zero-order valence-electron chi connectivity index (χ0n) is 17.6. The molecule has 0 saturated carbocycles. The van der Waals surface area contributed by atoms with Crippen molar-refractivity contribution in [3.8, 4) is 22.8 Å². The average molecular weight is 442 g/mol. The van der Waals surface area contributed by atoms with E-state index in [1.165, 1.54) is 0 Å². The fraction of sp³-hybridized carbons (Fsp3) is 0.304. The molecule has 8 heteroatoms. The van der Waals surface area contributed by atoms with Gasteiger partial charge in [0.1, 0.15) is 17.2 Å². The molecule has 2 aromatic carbocycles. The maximum absolute atomic E-state index is 13.3. The normalized spacial score (nSPS) is 15.3. The smallest absolute Gasteiger partial charge is 0.273 e. The van der Waals surface area contributed by atoms with Gasteiger partial charge < -0.3 is 19.1 Å². The third-order valence-electron chi connectivity index (χ3n) is 5.46. The van der Waals surface area contributed by atoms with Crippen LogP contribution >= 0.6 is 11.6 Å². The highest BCUT2D eigenvalue weighted by atomic mass is 35.5. The predicted molar refractivity (Wildman–Crippen MR) is 118 cm³/mol. The van der Waals surface area contributed by atoms with Crippen LogP contribution < -0.4 is 9.47 Å². The number of nitrogens with one attached hydrogen (secondary N) is 1. The summed E-state index contributed by atoms with van der Waals surface area (Å²) in [6.45, 7) is 1.10. The Hall–Kier alpha value is -3.03. The summed E-state index contributed by atoms with van der Waals surface area (Å²) in [4.78, 5) is 15.2. The zero-order chi connectivity index (χ0) is 22.0. The van der Waals surface area contributed by atoms with Crippen LogP contribution in [0.3, 0.4) is 0 Å². The summed E-state index contributed by atoms with van der Waals surface area (Å²) in [5.74, 6) is 1.23. The Kier molecular flexibility index (Phi) is 6.15. The highest BCUT2D eigenvalue weighted by molar-refractivity contribution is 6.30. The molecule has 0 spiro atoms. The van der Waals surface area contributed by atoms with Gasteiger partial charge in [0.05, 0.1) is 26.0 Å². The lowest BCUT2D eigenvalue weighted by molar-refractivity contribution is 0.0722. The number of aromatic nitrogens is 2. The minimum Gasteiger partial charge on any atom is -0.497 e. The fourth-order valence-corrected chi connectivity index (χ4v) is 4.13. The Balaban J connectivity index is 1.86. The third-order valence-corrected chi connectivity index (χ3v) is 5.72. The van der Waals surface area contributed by atoms with Gasteiger partial charge in [-0.3, -0.25) is 9.89 Å². The lowest BCUT2D eigenvalue weighted by Crippen LogP contribution is -2.31. The molecule has 3 aromatic rings. The van der Waals surface area contributed by atoms with E-state index < -0.39 is 0 Å². The first-order valence-electron chi connectivity index (χ1n) is 9.95. The van der Waals surface area contributed by atoms with Gasteiger partial charge >= 0.3 is 0 Å². The number of H-pyrrole nitrogens is 1. The van der Waals surface area contributed by atoms with Gasteiger partial charge in [0, 0.05) is 48.0 Å². The molecular weight excluding hydrogens is 418 g/mol. The second-order valence-electron chi connectivity index (χ2n) is 7.22. The minimum absolute atomic E-state index is 0.0957. The van der Waals surface area contributed by atoms with Crippen LogP contribution in [0.5, 0.6) is 11.5 Å². The maximum atomic E-state index is 13.3. The summed E-state index contributed by atoms with van der Waals surface area (Å²) in [6, 6.07) is 12.7. The van der Waals surface area contributed by atoms with E-state index >= 15 is 0 Å². The Morgan fingerprint density at radius 3 is 2.55 bits per heavy atom. The van der Waals surface area contributed by atoms with Gasteiger partial charge in [-0.25, -0.2) is 0 Å². The van der Waals surface area contributed by atoms with E-state index in [9.17, 15) is 4.79 Å². The molecule has 1 unspecified atom stereocenters. The van der Waals surface area contributed by atoms with Crippen molar-refractivity contribution in [1.29, 1.82) is 0 Å². The summed E-state index contributed by atoms with van der Waals surface area (Å²) < 4.78 is 16.2. The third kappa shape index (κ3) is 3.86. The number of rotatable bonds is 8. The maximum Gasteiger partial charge on any atom is 0.273 e. The first-order chi connectivity index (χ1) is 15.1. The number of halogens is 1. The molecule has 1 atom stereocenters. The molecule has 162 valence electrons. The predicted octanol–water partition coefficient (Wildman–Crippen LogP) is 4.33. The van der Waals surface area contributed by atoms with Crippen molar-refractivity contribution in [2.75, 3.05) is 34.5 Å². The molecule has 1 aromatic heterocycles. The van der Waals surface area contributed by atoms with Crippen molar-refractivity contribution in [2.24, 2.45) is 0 Å². The van der Waals surface area contributed by atoms with Crippen LogP contribution in [0.4, 0.5) is 0 Å². The molecule has 0 saturated heterocycles. The molecule has 0 radical (unpaired) electrons.